The first-order valence-electron chi connectivity index (χ1n) is 7.92. The van der Waals surface area contributed by atoms with Gasteiger partial charge in [0.25, 0.3) is 0 Å². The molecule has 2 atom stereocenters. The molecule has 0 aromatic heterocycles. The minimum absolute atomic E-state index is 0.182. The minimum Gasteiger partial charge on any atom is -0.497 e. The Labute approximate surface area is 148 Å². The van der Waals surface area contributed by atoms with E-state index in [1.54, 1.807) is 13.2 Å². The summed E-state index contributed by atoms with van der Waals surface area (Å²) < 4.78 is 10.2. The molecular formula is C21H21NO3. The van der Waals surface area contributed by atoms with Crippen LogP contribution < -0.4 is 4.74 Å². The molecule has 0 radical (unpaired) electrons. The molecule has 0 aliphatic carbocycles. The summed E-state index contributed by atoms with van der Waals surface area (Å²) >= 11 is 0. The van der Waals surface area contributed by atoms with Gasteiger partial charge in [-0.25, -0.2) is 0 Å². The van der Waals surface area contributed by atoms with Gasteiger partial charge in [-0.2, -0.15) is 5.26 Å². The Hall–Kier alpha value is -3.06. The number of carbonyl (C=O) groups is 1. The number of benzene rings is 2. The van der Waals surface area contributed by atoms with Crippen molar-refractivity contribution in [3.8, 4) is 11.8 Å². The van der Waals surface area contributed by atoms with Crippen molar-refractivity contribution < 1.29 is 14.3 Å². The van der Waals surface area contributed by atoms with Gasteiger partial charge < -0.3 is 9.47 Å². The van der Waals surface area contributed by atoms with Crippen molar-refractivity contribution in [2.24, 2.45) is 5.41 Å². The second-order valence-corrected chi connectivity index (χ2v) is 5.68. The highest BCUT2D eigenvalue weighted by atomic mass is 16.5. The molecule has 4 heteroatoms. The molecule has 0 aliphatic rings. The molecule has 2 aromatic carbocycles. The predicted octanol–water partition coefficient (Wildman–Crippen LogP) is 4.09. The molecule has 128 valence electrons. The van der Waals surface area contributed by atoms with Crippen molar-refractivity contribution in [3.05, 3.63) is 78.4 Å². The maximum Gasteiger partial charge on any atom is 0.327 e. The van der Waals surface area contributed by atoms with Gasteiger partial charge in [-0.15, -0.1) is 6.58 Å². The zero-order valence-electron chi connectivity index (χ0n) is 14.4. The van der Waals surface area contributed by atoms with Crippen LogP contribution in [0.5, 0.6) is 5.75 Å². The van der Waals surface area contributed by atoms with E-state index in [1.165, 1.54) is 7.11 Å². The summed E-state index contributed by atoms with van der Waals surface area (Å²) in [5.41, 5.74) is 0.300. The fourth-order valence-electron chi connectivity index (χ4n) is 3.09. The SMILES string of the molecule is C=CCC(C#N)(C(=O)OC)C(c1ccccc1)c1ccc(OC)cc1. The zero-order chi connectivity index (χ0) is 18.3. The molecule has 0 fully saturated rings. The average molecular weight is 335 g/mol. The standard InChI is InChI=1S/C21H21NO3/c1-4-14-21(15-22,20(23)25-3)19(16-8-6-5-7-9-16)17-10-12-18(24-2)13-11-17/h4-13,19H,1,14H2,2-3H3. The second-order valence-electron chi connectivity index (χ2n) is 5.68. The average Bonchev–Trinajstić information content (AvgIpc) is 2.68. The molecule has 0 spiro atoms. The van der Waals surface area contributed by atoms with Crippen LogP contribution in [0, 0.1) is 16.7 Å². The summed E-state index contributed by atoms with van der Waals surface area (Å²) in [7, 11) is 2.89. The third-order valence-electron chi connectivity index (χ3n) is 4.29. The summed E-state index contributed by atoms with van der Waals surface area (Å²) in [6.07, 6.45) is 1.77. The van der Waals surface area contributed by atoms with E-state index >= 15 is 0 Å². The molecule has 0 saturated carbocycles. The first-order valence-corrected chi connectivity index (χ1v) is 7.92. The van der Waals surface area contributed by atoms with Crippen LogP contribution >= 0.6 is 0 Å². The number of hydrogen-bond donors (Lipinski definition) is 0. The summed E-state index contributed by atoms with van der Waals surface area (Å²) in [6.45, 7) is 3.73. The minimum atomic E-state index is -1.40. The lowest BCUT2D eigenvalue weighted by Gasteiger charge is -2.32. The quantitative estimate of drug-likeness (QED) is 0.565. The van der Waals surface area contributed by atoms with Crippen LogP contribution in [0.1, 0.15) is 23.5 Å². The van der Waals surface area contributed by atoms with E-state index in [9.17, 15) is 10.1 Å². The van der Waals surface area contributed by atoms with Gasteiger partial charge in [0.15, 0.2) is 5.41 Å². The summed E-state index contributed by atoms with van der Waals surface area (Å²) in [4.78, 5) is 12.6. The van der Waals surface area contributed by atoms with Gasteiger partial charge in [0, 0.05) is 5.92 Å². The highest BCUT2D eigenvalue weighted by molar-refractivity contribution is 5.82. The Kier molecular flexibility index (Phi) is 5.97. The van der Waals surface area contributed by atoms with Crippen LogP contribution in [0.25, 0.3) is 0 Å². The number of nitriles is 1. The van der Waals surface area contributed by atoms with Gasteiger partial charge in [0.1, 0.15) is 5.75 Å². The van der Waals surface area contributed by atoms with Crippen LogP contribution in [0.2, 0.25) is 0 Å². The van der Waals surface area contributed by atoms with Crippen LogP contribution in [-0.2, 0) is 9.53 Å². The van der Waals surface area contributed by atoms with E-state index in [0.29, 0.717) is 5.75 Å². The van der Waals surface area contributed by atoms with Crippen LogP contribution in [-0.4, -0.2) is 20.2 Å². The Morgan fingerprint density at radius 1 is 1.16 bits per heavy atom. The monoisotopic (exact) mass is 335 g/mol. The fraction of sp³-hybridized carbons (Fsp3) is 0.238. The number of allylic oxidation sites excluding steroid dienone is 1. The molecule has 2 rings (SSSR count). The number of ether oxygens (including phenoxy) is 2. The number of nitrogens with zero attached hydrogens (tertiary/aromatic N) is 1. The Bertz CT molecular complexity index is 762. The largest absolute Gasteiger partial charge is 0.497 e. The molecule has 0 saturated heterocycles. The normalized spacial score (nSPS) is 13.8. The molecule has 2 aromatic rings. The number of hydrogen-bond acceptors (Lipinski definition) is 4. The summed E-state index contributed by atoms with van der Waals surface area (Å²) in [5, 5.41) is 9.98. The van der Waals surface area contributed by atoms with Crippen molar-refractivity contribution in [1.82, 2.24) is 0 Å². The summed E-state index contributed by atoms with van der Waals surface area (Å²) in [6, 6.07) is 19.1. The van der Waals surface area contributed by atoms with E-state index in [4.69, 9.17) is 9.47 Å². The maximum atomic E-state index is 12.6. The van der Waals surface area contributed by atoms with Crippen molar-refractivity contribution in [1.29, 1.82) is 5.26 Å². The lowest BCUT2D eigenvalue weighted by molar-refractivity contribution is -0.150. The van der Waals surface area contributed by atoms with Crippen molar-refractivity contribution in [2.45, 2.75) is 12.3 Å². The highest BCUT2D eigenvalue weighted by Crippen LogP contribution is 2.45. The second kappa shape index (κ2) is 8.16. The number of esters is 1. The van der Waals surface area contributed by atoms with Crippen molar-refractivity contribution >= 4 is 5.97 Å². The van der Waals surface area contributed by atoms with Gasteiger partial charge in [-0.1, -0.05) is 48.5 Å². The lowest BCUT2D eigenvalue weighted by Crippen LogP contribution is -2.37. The van der Waals surface area contributed by atoms with E-state index in [-0.39, 0.29) is 6.42 Å². The number of rotatable bonds is 7. The smallest absolute Gasteiger partial charge is 0.327 e. The Balaban J connectivity index is 2.69. The molecule has 0 N–H and O–H groups in total. The zero-order valence-corrected chi connectivity index (χ0v) is 14.4. The van der Waals surface area contributed by atoms with Crippen LogP contribution in [0.3, 0.4) is 0 Å². The van der Waals surface area contributed by atoms with Crippen LogP contribution in [0.4, 0.5) is 0 Å². The van der Waals surface area contributed by atoms with Gasteiger partial charge in [-0.05, 0) is 29.7 Å². The molecule has 0 bridgehead atoms. The van der Waals surface area contributed by atoms with E-state index < -0.39 is 17.3 Å². The Morgan fingerprint density at radius 2 is 1.76 bits per heavy atom. The van der Waals surface area contributed by atoms with Gasteiger partial charge in [0.05, 0.1) is 20.3 Å². The molecule has 0 aliphatic heterocycles. The van der Waals surface area contributed by atoms with Crippen LogP contribution in [0.15, 0.2) is 67.3 Å². The van der Waals surface area contributed by atoms with E-state index in [2.05, 4.69) is 12.6 Å². The molecule has 4 nitrogen and oxygen atoms in total. The van der Waals surface area contributed by atoms with Crippen molar-refractivity contribution in [3.63, 3.8) is 0 Å². The maximum absolute atomic E-state index is 12.6. The van der Waals surface area contributed by atoms with Crippen molar-refractivity contribution in [2.75, 3.05) is 14.2 Å². The molecule has 0 amide bonds. The molecule has 25 heavy (non-hydrogen) atoms. The highest BCUT2D eigenvalue weighted by Gasteiger charge is 2.48. The number of carbonyl (C=O) groups excluding carboxylic acids is 1. The third kappa shape index (κ3) is 3.56. The van der Waals surface area contributed by atoms with Gasteiger partial charge in [0.2, 0.25) is 0 Å². The first kappa shape index (κ1) is 18.3. The third-order valence-corrected chi connectivity index (χ3v) is 4.29. The van der Waals surface area contributed by atoms with E-state index in [0.717, 1.165) is 11.1 Å². The van der Waals surface area contributed by atoms with Gasteiger partial charge >= 0.3 is 5.97 Å². The van der Waals surface area contributed by atoms with E-state index in [1.807, 2.05) is 54.6 Å². The number of methoxy groups -OCH3 is 2. The fourth-order valence-corrected chi connectivity index (χ4v) is 3.09. The summed E-state index contributed by atoms with van der Waals surface area (Å²) in [5.74, 6) is -0.352. The lowest BCUT2D eigenvalue weighted by atomic mass is 9.67. The van der Waals surface area contributed by atoms with Gasteiger partial charge in [-0.3, -0.25) is 4.79 Å². The predicted molar refractivity (Wildman–Crippen MR) is 96.2 cm³/mol. The molecule has 2 unspecified atom stereocenters. The topological polar surface area (TPSA) is 59.3 Å². The Morgan fingerprint density at radius 3 is 2.24 bits per heavy atom. The molecule has 0 heterocycles. The molecular weight excluding hydrogens is 314 g/mol. The first-order chi connectivity index (χ1) is 12.1.